The molecule has 0 saturated heterocycles. The molecule has 0 radical (unpaired) electrons. The zero-order valence-corrected chi connectivity index (χ0v) is 11.0. The fourth-order valence-corrected chi connectivity index (χ4v) is 0.536. The van der Waals surface area contributed by atoms with Gasteiger partial charge in [-0.05, 0) is 21.1 Å². The first-order valence-electron chi connectivity index (χ1n) is 4.08. The molecule has 84 valence electrons. The van der Waals surface area contributed by atoms with Gasteiger partial charge in [0.2, 0.25) is 0 Å². The first-order chi connectivity index (χ1) is 6.43. The third kappa shape index (κ3) is 17.8. The second-order valence-electron chi connectivity index (χ2n) is 2.98. The van der Waals surface area contributed by atoms with E-state index in [1.54, 1.807) is 0 Å². The molecule has 0 aliphatic heterocycles. The molecule has 0 saturated carbocycles. The average molecular weight is 315 g/mol. The van der Waals surface area contributed by atoms with E-state index in [0.29, 0.717) is 4.43 Å². The first kappa shape index (κ1) is 16.3. The molecule has 4 nitrogen and oxygen atoms in total. The highest BCUT2D eigenvalue weighted by Gasteiger charge is 2.03. The average Bonchev–Trinajstić information content (AvgIpc) is 2.12. The van der Waals surface area contributed by atoms with Gasteiger partial charge in [-0.1, -0.05) is 29.2 Å². The summed E-state index contributed by atoms with van der Waals surface area (Å²) in [5.41, 5.74) is 0. The molecule has 0 aliphatic carbocycles. The predicted molar refractivity (Wildman–Crippen MR) is 65.7 cm³/mol. The van der Waals surface area contributed by atoms with Crippen molar-refractivity contribution in [1.82, 2.24) is 4.90 Å². The number of esters is 1. The summed E-state index contributed by atoms with van der Waals surface area (Å²) in [6.07, 6.45) is 0.504. The molecule has 1 atom stereocenters. The molecular formula is C9H18INO3. The van der Waals surface area contributed by atoms with Crippen LogP contribution in [0, 0.1) is 0 Å². The van der Waals surface area contributed by atoms with E-state index in [9.17, 15) is 4.79 Å². The summed E-state index contributed by atoms with van der Waals surface area (Å²) in [4.78, 5) is 12.4. The number of halogens is 1. The molecule has 1 unspecified atom stereocenters. The maximum absolute atomic E-state index is 10.4. The summed E-state index contributed by atoms with van der Waals surface area (Å²) >= 11 is 2.01. The highest BCUT2D eigenvalue weighted by molar-refractivity contribution is 14.1. The van der Waals surface area contributed by atoms with Gasteiger partial charge in [-0.3, -0.25) is 0 Å². The van der Waals surface area contributed by atoms with Crippen LogP contribution in [-0.4, -0.2) is 54.3 Å². The minimum atomic E-state index is -0.565. The topological polar surface area (TPSA) is 49.8 Å². The number of ether oxygens (including phenoxy) is 1. The number of rotatable bonds is 4. The lowest BCUT2D eigenvalue weighted by Crippen LogP contribution is -2.18. The molecule has 0 aromatic rings. The number of nitrogens with zero attached hydrogens (tertiary/aromatic N) is 1. The van der Waals surface area contributed by atoms with E-state index in [-0.39, 0.29) is 6.61 Å². The molecule has 0 aromatic carbocycles. The van der Waals surface area contributed by atoms with Crippen molar-refractivity contribution in [3.8, 4) is 0 Å². The predicted octanol–water partition coefficient (Wildman–Crippen LogP) is 0.689. The van der Waals surface area contributed by atoms with Crippen molar-refractivity contribution < 1.29 is 14.6 Å². The van der Waals surface area contributed by atoms with Crippen LogP contribution in [0.25, 0.3) is 0 Å². The van der Waals surface area contributed by atoms with Gasteiger partial charge in [-0.25, -0.2) is 4.79 Å². The van der Waals surface area contributed by atoms with Crippen LogP contribution >= 0.6 is 22.6 Å². The largest absolute Gasteiger partial charge is 0.460 e. The van der Waals surface area contributed by atoms with Crippen molar-refractivity contribution >= 4 is 28.6 Å². The van der Waals surface area contributed by atoms with Gasteiger partial charge in [0.05, 0.1) is 6.10 Å². The Balaban J connectivity index is 0. The highest BCUT2D eigenvalue weighted by atomic mass is 127. The third-order valence-electron chi connectivity index (χ3n) is 0.763. The zero-order chi connectivity index (χ0) is 11.6. The normalized spacial score (nSPS) is 11.3. The summed E-state index contributed by atoms with van der Waals surface area (Å²) < 4.78 is 5.09. The van der Waals surface area contributed by atoms with Crippen molar-refractivity contribution in [3.05, 3.63) is 12.7 Å². The Morgan fingerprint density at radius 2 is 2.07 bits per heavy atom. The second-order valence-corrected chi connectivity index (χ2v) is 3.86. The van der Waals surface area contributed by atoms with Crippen molar-refractivity contribution in [1.29, 1.82) is 0 Å². The molecule has 0 rings (SSSR count). The van der Waals surface area contributed by atoms with Crippen LogP contribution in [0.5, 0.6) is 0 Å². The fourth-order valence-electron chi connectivity index (χ4n) is 0.282. The third-order valence-corrected chi connectivity index (χ3v) is 1.78. The smallest absolute Gasteiger partial charge is 0.330 e. The summed E-state index contributed by atoms with van der Waals surface area (Å²) in [6.45, 7) is 3.26. The lowest BCUT2D eigenvalue weighted by molar-refractivity contribution is -0.140. The molecule has 1 N–H and O–H groups in total. The van der Waals surface area contributed by atoms with E-state index in [1.165, 1.54) is 0 Å². The highest BCUT2D eigenvalue weighted by Crippen LogP contribution is 1.92. The van der Waals surface area contributed by atoms with Gasteiger partial charge < -0.3 is 14.7 Å². The molecule has 0 aromatic heterocycles. The Labute approximate surface area is 99.1 Å². The SMILES string of the molecule is C=CC(=O)OCC(O)CI.CN(C)C. The van der Waals surface area contributed by atoms with Gasteiger partial charge >= 0.3 is 5.97 Å². The van der Waals surface area contributed by atoms with Crippen LogP contribution in [0.1, 0.15) is 0 Å². The standard InChI is InChI=1S/C6H9IO3.C3H9N/c1-2-6(9)10-4-5(8)3-7;1-4(2)3/h2,5,8H,1,3-4H2;1-3H3. The molecule has 0 bridgehead atoms. The van der Waals surface area contributed by atoms with Gasteiger partial charge in [0.15, 0.2) is 0 Å². The number of carbonyl (C=O) groups excluding carboxylic acids is 1. The van der Waals surface area contributed by atoms with E-state index in [2.05, 4.69) is 11.3 Å². The van der Waals surface area contributed by atoms with Crippen LogP contribution in [0.15, 0.2) is 12.7 Å². The Morgan fingerprint density at radius 3 is 2.36 bits per heavy atom. The van der Waals surface area contributed by atoms with Gasteiger partial charge in [0, 0.05) is 10.5 Å². The van der Waals surface area contributed by atoms with Crippen LogP contribution in [-0.2, 0) is 9.53 Å². The van der Waals surface area contributed by atoms with E-state index < -0.39 is 12.1 Å². The van der Waals surface area contributed by atoms with Crippen molar-refractivity contribution in [3.63, 3.8) is 0 Å². The monoisotopic (exact) mass is 315 g/mol. The van der Waals surface area contributed by atoms with E-state index in [4.69, 9.17) is 5.11 Å². The van der Waals surface area contributed by atoms with Crippen LogP contribution in [0.2, 0.25) is 0 Å². The molecule has 0 amide bonds. The number of hydrogen-bond acceptors (Lipinski definition) is 4. The molecule has 14 heavy (non-hydrogen) atoms. The van der Waals surface area contributed by atoms with Crippen molar-refractivity contribution in [2.45, 2.75) is 6.10 Å². The second kappa shape index (κ2) is 10.9. The van der Waals surface area contributed by atoms with Crippen LogP contribution in [0.3, 0.4) is 0 Å². The first-order valence-corrected chi connectivity index (χ1v) is 5.60. The molecule has 0 spiro atoms. The Kier molecular flexibility index (Phi) is 12.7. The van der Waals surface area contributed by atoms with Crippen LogP contribution in [0.4, 0.5) is 0 Å². The molecule has 0 fully saturated rings. The summed E-state index contributed by atoms with van der Waals surface area (Å²) in [5, 5.41) is 8.88. The van der Waals surface area contributed by atoms with E-state index >= 15 is 0 Å². The lowest BCUT2D eigenvalue weighted by Gasteiger charge is -2.05. The van der Waals surface area contributed by atoms with E-state index in [0.717, 1.165) is 6.08 Å². The number of hydrogen-bond donors (Lipinski definition) is 1. The molecular weight excluding hydrogens is 297 g/mol. The fraction of sp³-hybridized carbons (Fsp3) is 0.667. The molecule has 0 heterocycles. The van der Waals surface area contributed by atoms with Gasteiger partial charge in [-0.15, -0.1) is 0 Å². The van der Waals surface area contributed by atoms with Gasteiger partial charge in [0.1, 0.15) is 6.61 Å². The maximum atomic E-state index is 10.4. The summed E-state index contributed by atoms with van der Waals surface area (Å²) in [5.74, 6) is -0.496. The number of aliphatic hydroxyl groups is 1. The molecule has 0 aliphatic rings. The summed E-state index contributed by atoms with van der Waals surface area (Å²) in [6, 6.07) is 0. The number of carbonyl (C=O) groups is 1. The quantitative estimate of drug-likeness (QED) is 0.359. The molecule has 5 heteroatoms. The minimum Gasteiger partial charge on any atom is -0.460 e. The van der Waals surface area contributed by atoms with Gasteiger partial charge in [-0.2, -0.15) is 0 Å². The maximum Gasteiger partial charge on any atom is 0.330 e. The van der Waals surface area contributed by atoms with Crippen molar-refractivity contribution in [2.24, 2.45) is 0 Å². The zero-order valence-electron chi connectivity index (χ0n) is 8.86. The van der Waals surface area contributed by atoms with Crippen LogP contribution < -0.4 is 0 Å². The summed E-state index contributed by atoms with van der Waals surface area (Å²) in [7, 11) is 6.00. The Morgan fingerprint density at radius 1 is 1.64 bits per heavy atom. The van der Waals surface area contributed by atoms with Crippen molar-refractivity contribution in [2.75, 3.05) is 32.2 Å². The van der Waals surface area contributed by atoms with E-state index in [1.807, 2.05) is 48.6 Å². The number of aliphatic hydroxyl groups excluding tert-OH is 1. The Bertz CT molecular complexity index is 159. The minimum absolute atomic E-state index is 0.0494. The number of alkyl halides is 1. The lowest BCUT2D eigenvalue weighted by atomic mass is 10.4. The van der Waals surface area contributed by atoms with Gasteiger partial charge in [0.25, 0.3) is 0 Å². The Hall–Kier alpha value is -0.140.